The van der Waals surface area contributed by atoms with Crippen LogP contribution in [0.1, 0.15) is 11.1 Å². The summed E-state index contributed by atoms with van der Waals surface area (Å²) in [7, 11) is 0. The average Bonchev–Trinajstić information content (AvgIpc) is 2.51. The molecule has 23 heavy (non-hydrogen) atoms. The third-order valence-corrected chi connectivity index (χ3v) is 4.02. The largest absolute Gasteiger partial charge is 0.455 e. The van der Waals surface area contributed by atoms with Crippen molar-refractivity contribution in [2.24, 2.45) is 0 Å². The molecule has 0 radical (unpaired) electrons. The van der Waals surface area contributed by atoms with E-state index in [1.54, 1.807) is 18.2 Å². The first kappa shape index (κ1) is 17.5. The van der Waals surface area contributed by atoms with Crippen LogP contribution in [0.2, 0.25) is 5.02 Å². The van der Waals surface area contributed by atoms with E-state index in [1.165, 1.54) is 0 Å². The minimum Gasteiger partial charge on any atom is -0.455 e. The van der Waals surface area contributed by atoms with Gasteiger partial charge in [-0.15, -0.1) is 0 Å². The van der Waals surface area contributed by atoms with E-state index in [0.29, 0.717) is 10.7 Å². The van der Waals surface area contributed by atoms with Gasteiger partial charge in [0.25, 0.3) is 5.91 Å². The fourth-order valence-electron chi connectivity index (χ4n) is 1.83. The Morgan fingerprint density at radius 1 is 1.17 bits per heavy atom. The number of carbonyl (C=O) groups excluding carboxylic acids is 2. The van der Waals surface area contributed by atoms with E-state index >= 15 is 0 Å². The van der Waals surface area contributed by atoms with Gasteiger partial charge in [0.05, 0.1) is 6.42 Å². The molecule has 6 heteroatoms. The van der Waals surface area contributed by atoms with Crippen LogP contribution in [0.3, 0.4) is 0 Å². The predicted octanol–water partition coefficient (Wildman–Crippen LogP) is 4.14. The second-order valence-electron chi connectivity index (χ2n) is 4.98. The summed E-state index contributed by atoms with van der Waals surface area (Å²) in [5.74, 6) is -0.863. The van der Waals surface area contributed by atoms with Crippen molar-refractivity contribution in [2.75, 3.05) is 11.9 Å². The van der Waals surface area contributed by atoms with Gasteiger partial charge in [-0.05, 0) is 42.3 Å². The van der Waals surface area contributed by atoms with Crippen LogP contribution in [0.4, 0.5) is 5.69 Å². The Hall–Kier alpha value is -1.85. The van der Waals surface area contributed by atoms with Crippen LogP contribution in [0.5, 0.6) is 0 Å². The van der Waals surface area contributed by atoms with Gasteiger partial charge in [-0.25, -0.2) is 0 Å². The number of hydrogen-bond acceptors (Lipinski definition) is 3. The van der Waals surface area contributed by atoms with Crippen molar-refractivity contribution in [2.45, 2.75) is 13.3 Å². The maximum atomic E-state index is 11.8. The van der Waals surface area contributed by atoms with Gasteiger partial charge in [-0.2, -0.15) is 0 Å². The molecule has 4 nitrogen and oxygen atoms in total. The van der Waals surface area contributed by atoms with Crippen LogP contribution >= 0.6 is 27.5 Å². The smallest absolute Gasteiger partial charge is 0.310 e. The Morgan fingerprint density at radius 2 is 1.87 bits per heavy atom. The van der Waals surface area contributed by atoms with E-state index in [1.807, 2.05) is 31.2 Å². The number of ether oxygens (including phenoxy) is 1. The molecule has 0 aliphatic heterocycles. The molecule has 0 atom stereocenters. The van der Waals surface area contributed by atoms with E-state index in [2.05, 4.69) is 21.2 Å². The monoisotopic (exact) mass is 395 g/mol. The zero-order chi connectivity index (χ0) is 16.8. The lowest BCUT2D eigenvalue weighted by Crippen LogP contribution is -2.21. The molecule has 0 saturated carbocycles. The van der Waals surface area contributed by atoms with Crippen LogP contribution in [0.25, 0.3) is 0 Å². The zero-order valence-corrected chi connectivity index (χ0v) is 14.8. The van der Waals surface area contributed by atoms with Gasteiger partial charge in [0.15, 0.2) is 6.61 Å². The van der Waals surface area contributed by atoms with Gasteiger partial charge in [-0.3, -0.25) is 9.59 Å². The fourth-order valence-corrected chi connectivity index (χ4v) is 2.28. The van der Waals surface area contributed by atoms with Gasteiger partial charge in [0.2, 0.25) is 0 Å². The number of anilines is 1. The molecule has 0 aliphatic rings. The number of hydrogen-bond donors (Lipinski definition) is 1. The van der Waals surface area contributed by atoms with Crippen LogP contribution in [0.15, 0.2) is 46.9 Å². The highest BCUT2D eigenvalue weighted by molar-refractivity contribution is 9.10. The minimum absolute atomic E-state index is 0.122. The molecule has 0 bridgehead atoms. The molecular weight excluding hydrogens is 382 g/mol. The van der Waals surface area contributed by atoms with Crippen LogP contribution in [-0.4, -0.2) is 18.5 Å². The van der Waals surface area contributed by atoms with Gasteiger partial charge >= 0.3 is 5.97 Å². The molecule has 0 aliphatic carbocycles. The highest BCUT2D eigenvalue weighted by atomic mass is 79.9. The summed E-state index contributed by atoms with van der Waals surface area (Å²) in [4.78, 5) is 23.5. The quantitative estimate of drug-likeness (QED) is 0.773. The summed E-state index contributed by atoms with van der Waals surface area (Å²) in [5, 5.41) is 3.19. The number of carbonyl (C=O) groups is 2. The highest BCUT2D eigenvalue weighted by Crippen LogP contribution is 2.19. The number of benzene rings is 2. The SMILES string of the molecule is Cc1ccc(NC(=O)COC(=O)Cc2ccc(Br)cc2)cc1Cl. The van der Waals surface area contributed by atoms with E-state index in [-0.39, 0.29) is 13.0 Å². The third-order valence-electron chi connectivity index (χ3n) is 3.08. The molecule has 0 saturated heterocycles. The molecular formula is C17H15BrClNO3. The van der Waals surface area contributed by atoms with Crippen LogP contribution in [-0.2, 0) is 20.7 Å². The number of amides is 1. The van der Waals surface area contributed by atoms with E-state index < -0.39 is 11.9 Å². The van der Waals surface area contributed by atoms with Crippen molar-refractivity contribution in [3.8, 4) is 0 Å². The Kier molecular flexibility index (Phi) is 6.19. The lowest BCUT2D eigenvalue weighted by atomic mass is 10.2. The molecule has 0 spiro atoms. The summed E-state index contributed by atoms with van der Waals surface area (Å²) in [5.41, 5.74) is 2.31. The molecule has 120 valence electrons. The minimum atomic E-state index is -0.454. The summed E-state index contributed by atoms with van der Waals surface area (Å²) in [6.07, 6.45) is 0.122. The maximum Gasteiger partial charge on any atom is 0.310 e. The summed E-state index contributed by atoms with van der Waals surface area (Å²) < 4.78 is 5.90. The first-order valence-electron chi connectivity index (χ1n) is 6.90. The number of aryl methyl sites for hydroxylation is 1. The first-order chi connectivity index (χ1) is 10.9. The normalized spacial score (nSPS) is 10.2. The molecule has 2 rings (SSSR count). The lowest BCUT2D eigenvalue weighted by Gasteiger charge is -2.08. The topological polar surface area (TPSA) is 55.4 Å². The van der Waals surface area contributed by atoms with Crippen molar-refractivity contribution in [3.63, 3.8) is 0 Å². The summed E-state index contributed by atoms with van der Waals surface area (Å²) >= 11 is 9.31. The second-order valence-corrected chi connectivity index (χ2v) is 6.30. The second kappa shape index (κ2) is 8.13. The molecule has 1 amide bonds. The Morgan fingerprint density at radius 3 is 2.52 bits per heavy atom. The number of halogens is 2. The van der Waals surface area contributed by atoms with Crippen LogP contribution in [0, 0.1) is 6.92 Å². The van der Waals surface area contributed by atoms with Crippen molar-refractivity contribution >= 4 is 45.1 Å². The third kappa shape index (κ3) is 5.69. The van der Waals surface area contributed by atoms with E-state index in [9.17, 15) is 9.59 Å². The molecule has 1 N–H and O–H groups in total. The Bertz CT molecular complexity index is 716. The first-order valence-corrected chi connectivity index (χ1v) is 8.07. The van der Waals surface area contributed by atoms with Gasteiger partial charge in [0.1, 0.15) is 0 Å². The average molecular weight is 397 g/mol. The molecule has 0 unspecified atom stereocenters. The lowest BCUT2D eigenvalue weighted by molar-refractivity contribution is -0.146. The van der Waals surface area contributed by atoms with Gasteiger partial charge < -0.3 is 10.1 Å². The van der Waals surface area contributed by atoms with Crippen molar-refractivity contribution in [1.29, 1.82) is 0 Å². The summed E-state index contributed by atoms with van der Waals surface area (Å²) in [6, 6.07) is 12.5. The highest BCUT2D eigenvalue weighted by Gasteiger charge is 2.09. The fraction of sp³-hybridized carbons (Fsp3) is 0.176. The maximum absolute atomic E-state index is 11.8. The van der Waals surface area contributed by atoms with E-state index in [0.717, 1.165) is 15.6 Å². The predicted molar refractivity (Wildman–Crippen MR) is 93.6 cm³/mol. The summed E-state index contributed by atoms with van der Waals surface area (Å²) in [6.45, 7) is 1.54. The molecule has 0 aromatic heterocycles. The zero-order valence-electron chi connectivity index (χ0n) is 12.4. The van der Waals surface area contributed by atoms with Crippen molar-refractivity contribution in [1.82, 2.24) is 0 Å². The number of rotatable bonds is 5. The standard InChI is InChI=1S/C17H15BrClNO3/c1-11-2-7-14(9-15(11)19)20-16(21)10-23-17(22)8-12-3-5-13(18)6-4-12/h2-7,9H,8,10H2,1H3,(H,20,21). The molecule has 0 fully saturated rings. The Balaban J connectivity index is 1.80. The van der Waals surface area contributed by atoms with Crippen molar-refractivity contribution < 1.29 is 14.3 Å². The van der Waals surface area contributed by atoms with Crippen LogP contribution < -0.4 is 5.32 Å². The molecule has 2 aromatic rings. The Labute approximate surface area is 147 Å². The van der Waals surface area contributed by atoms with Gasteiger partial charge in [0, 0.05) is 15.2 Å². The molecule has 2 aromatic carbocycles. The van der Waals surface area contributed by atoms with E-state index in [4.69, 9.17) is 16.3 Å². The van der Waals surface area contributed by atoms with Gasteiger partial charge in [-0.1, -0.05) is 45.7 Å². The molecule has 0 heterocycles. The number of nitrogens with one attached hydrogen (secondary N) is 1. The van der Waals surface area contributed by atoms with Crippen molar-refractivity contribution in [3.05, 3.63) is 63.1 Å². The number of esters is 1.